The Kier molecular flexibility index (Phi) is 6.59. The zero-order valence-corrected chi connectivity index (χ0v) is 16.1. The fourth-order valence-corrected chi connectivity index (χ4v) is 3.16. The van der Waals surface area contributed by atoms with Gasteiger partial charge >= 0.3 is 5.97 Å². The quantitative estimate of drug-likeness (QED) is 0.682. The maximum absolute atomic E-state index is 12.5. The molecule has 1 aromatic heterocycles. The fraction of sp³-hybridized carbons (Fsp3) is 0.474. The van der Waals surface area contributed by atoms with Crippen molar-refractivity contribution in [2.24, 2.45) is 0 Å². The Hall–Kier alpha value is -2.94. The van der Waals surface area contributed by atoms with Gasteiger partial charge in [0.25, 0.3) is 5.91 Å². The third-order valence-corrected chi connectivity index (χ3v) is 4.73. The van der Waals surface area contributed by atoms with Gasteiger partial charge in [0.15, 0.2) is 12.3 Å². The van der Waals surface area contributed by atoms with E-state index in [-0.39, 0.29) is 18.6 Å². The summed E-state index contributed by atoms with van der Waals surface area (Å²) in [6, 6.07) is 7.45. The van der Waals surface area contributed by atoms with Crippen LogP contribution >= 0.6 is 0 Å². The molecule has 1 aromatic carbocycles. The number of hydrogen-bond donors (Lipinski definition) is 2. The van der Waals surface area contributed by atoms with Crippen molar-refractivity contribution < 1.29 is 19.1 Å². The van der Waals surface area contributed by atoms with Crippen LogP contribution in [0, 0.1) is 6.92 Å². The Labute approximate surface area is 163 Å². The smallest absolute Gasteiger partial charge is 0.343 e. The van der Waals surface area contributed by atoms with E-state index in [1.165, 1.54) is 7.11 Å². The van der Waals surface area contributed by atoms with Gasteiger partial charge in [-0.2, -0.15) is 0 Å². The molecular formula is C19H25N5O4. The average molecular weight is 387 g/mol. The van der Waals surface area contributed by atoms with Crippen LogP contribution < -0.4 is 15.4 Å². The summed E-state index contributed by atoms with van der Waals surface area (Å²) in [5.74, 6) is -0.185. The van der Waals surface area contributed by atoms with Crippen LogP contribution in [0.4, 0.5) is 0 Å². The number of nitrogens with zero attached hydrogens (tertiary/aromatic N) is 3. The molecule has 0 saturated carbocycles. The predicted octanol–water partition coefficient (Wildman–Crippen LogP) is 0.993. The first-order valence-electron chi connectivity index (χ1n) is 9.27. The van der Waals surface area contributed by atoms with Gasteiger partial charge in [0.2, 0.25) is 0 Å². The Balaban J connectivity index is 1.58. The minimum atomic E-state index is -0.453. The number of nitrogens with one attached hydrogen (secondary N) is 2. The minimum absolute atomic E-state index is 0.161. The summed E-state index contributed by atoms with van der Waals surface area (Å²) in [6.07, 6.45) is 1.95. The maximum Gasteiger partial charge on any atom is 0.343 e. The lowest BCUT2D eigenvalue weighted by molar-refractivity contribution is -0.142. The molecule has 150 valence electrons. The van der Waals surface area contributed by atoms with Crippen LogP contribution in [-0.2, 0) is 16.1 Å². The first-order chi connectivity index (χ1) is 13.6. The Morgan fingerprint density at radius 2 is 2.11 bits per heavy atom. The molecule has 1 fully saturated rings. The van der Waals surface area contributed by atoms with Crippen LogP contribution in [0.1, 0.15) is 40.6 Å². The summed E-state index contributed by atoms with van der Waals surface area (Å²) in [7, 11) is 1.31. The third kappa shape index (κ3) is 4.86. The van der Waals surface area contributed by atoms with Crippen LogP contribution in [-0.4, -0.2) is 53.7 Å². The second kappa shape index (κ2) is 9.32. The largest absolute Gasteiger partial charge is 0.482 e. The second-order valence-electron chi connectivity index (χ2n) is 6.64. The van der Waals surface area contributed by atoms with E-state index in [4.69, 9.17) is 4.74 Å². The van der Waals surface area contributed by atoms with Crippen LogP contribution in [0.3, 0.4) is 0 Å². The lowest BCUT2D eigenvalue weighted by Gasteiger charge is -2.23. The highest BCUT2D eigenvalue weighted by Gasteiger charge is 2.22. The van der Waals surface area contributed by atoms with Crippen molar-refractivity contribution in [3.63, 3.8) is 0 Å². The summed E-state index contributed by atoms with van der Waals surface area (Å²) in [6.45, 7) is 3.91. The Bertz CT molecular complexity index is 829. The van der Waals surface area contributed by atoms with E-state index in [1.807, 2.05) is 17.7 Å². The monoisotopic (exact) mass is 387 g/mol. The van der Waals surface area contributed by atoms with E-state index >= 15 is 0 Å². The predicted molar refractivity (Wildman–Crippen MR) is 101 cm³/mol. The van der Waals surface area contributed by atoms with Crippen molar-refractivity contribution in [1.29, 1.82) is 0 Å². The molecule has 0 bridgehead atoms. The molecule has 0 atom stereocenters. The highest BCUT2D eigenvalue weighted by atomic mass is 16.6. The van der Waals surface area contributed by atoms with Crippen LogP contribution in [0.25, 0.3) is 0 Å². The minimum Gasteiger partial charge on any atom is -0.482 e. The van der Waals surface area contributed by atoms with Gasteiger partial charge in [0, 0.05) is 6.54 Å². The third-order valence-electron chi connectivity index (χ3n) is 4.73. The SMILES string of the molecule is COC(=O)COc1cccc(CNC(=O)c2nnn(C3CCNCC3)c2C)c1. The second-order valence-corrected chi connectivity index (χ2v) is 6.64. The van der Waals surface area contributed by atoms with Crippen molar-refractivity contribution in [1.82, 2.24) is 25.6 Å². The molecule has 0 unspecified atom stereocenters. The maximum atomic E-state index is 12.5. The molecule has 2 N–H and O–H groups in total. The molecule has 0 radical (unpaired) electrons. The molecule has 2 aromatic rings. The average Bonchev–Trinajstić information content (AvgIpc) is 3.12. The summed E-state index contributed by atoms with van der Waals surface area (Å²) in [5, 5.41) is 14.5. The molecule has 9 heteroatoms. The van der Waals surface area contributed by atoms with E-state index in [0.717, 1.165) is 37.2 Å². The lowest BCUT2D eigenvalue weighted by atomic mass is 10.1. The van der Waals surface area contributed by atoms with Gasteiger partial charge in [0.05, 0.1) is 18.8 Å². The number of rotatable bonds is 7. The first kappa shape index (κ1) is 19.8. The van der Waals surface area contributed by atoms with Gasteiger partial charge in [0.1, 0.15) is 5.75 Å². The molecule has 0 aliphatic carbocycles. The number of benzene rings is 1. The summed E-state index contributed by atoms with van der Waals surface area (Å²) < 4.78 is 11.8. The molecule has 3 rings (SSSR count). The number of piperidine rings is 1. The number of aromatic nitrogens is 3. The van der Waals surface area contributed by atoms with E-state index in [1.54, 1.807) is 18.2 Å². The molecule has 28 heavy (non-hydrogen) atoms. The van der Waals surface area contributed by atoms with E-state index in [9.17, 15) is 9.59 Å². The molecular weight excluding hydrogens is 362 g/mol. The Morgan fingerprint density at radius 1 is 1.32 bits per heavy atom. The van der Waals surface area contributed by atoms with Gasteiger partial charge in [-0.1, -0.05) is 17.3 Å². The summed E-state index contributed by atoms with van der Waals surface area (Å²) in [5.41, 5.74) is 1.97. The number of carbonyl (C=O) groups excluding carboxylic acids is 2. The Morgan fingerprint density at radius 3 is 2.86 bits per heavy atom. The zero-order valence-electron chi connectivity index (χ0n) is 16.1. The molecule has 2 heterocycles. The van der Waals surface area contributed by atoms with Crippen molar-refractivity contribution in [3.05, 3.63) is 41.2 Å². The van der Waals surface area contributed by atoms with Crippen LogP contribution in [0.5, 0.6) is 5.75 Å². The molecule has 1 amide bonds. The van der Waals surface area contributed by atoms with Gasteiger partial charge < -0.3 is 20.1 Å². The standard InChI is InChI=1S/C19H25N5O4/c1-13-18(22-23-24(13)15-6-8-20-9-7-15)19(26)21-11-14-4-3-5-16(10-14)28-12-17(25)27-2/h3-5,10,15,20H,6-9,11-12H2,1-2H3,(H,21,26). The van der Waals surface area contributed by atoms with Crippen molar-refractivity contribution in [3.8, 4) is 5.75 Å². The van der Waals surface area contributed by atoms with Gasteiger partial charge in [-0.3, -0.25) is 4.79 Å². The fourth-order valence-electron chi connectivity index (χ4n) is 3.16. The lowest BCUT2D eigenvalue weighted by Crippen LogP contribution is -2.30. The summed E-state index contributed by atoms with van der Waals surface area (Å²) in [4.78, 5) is 23.7. The topological polar surface area (TPSA) is 107 Å². The molecule has 0 spiro atoms. The highest BCUT2D eigenvalue weighted by molar-refractivity contribution is 5.93. The number of methoxy groups -OCH3 is 1. The molecule has 1 saturated heterocycles. The first-order valence-corrected chi connectivity index (χ1v) is 9.27. The van der Waals surface area contributed by atoms with Crippen LogP contribution in [0.15, 0.2) is 24.3 Å². The number of carbonyl (C=O) groups is 2. The van der Waals surface area contributed by atoms with E-state index in [0.29, 0.717) is 18.0 Å². The summed E-state index contributed by atoms with van der Waals surface area (Å²) >= 11 is 0. The van der Waals surface area contributed by atoms with Gasteiger partial charge in [-0.15, -0.1) is 5.10 Å². The molecule has 9 nitrogen and oxygen atoms in total. The highest BCUT2D eigenvalue weighted by Crippen LogP contribution is 2.20. The zero-order chi connectivity index (χ0) is 19.9. The van der Waals surface area contributed by atoms with Gasteiger partial charge in [-0.05, 0) is 50.6 Å². The molecule has 1 aliphatic heterocycles. The number of esters is 1. The van der Waals surface area contributed by atoms with Gasteiger partial charge in [-0.25, -0.2) is 9.48 Å². The molecule has 1 aliphatic rings. The van der Waals surface area contributed by atoms with Crippen molar-refractivity contribution in [2.75, 3.05) is 26.8 Å². The van der Waals surface area contributed by atoms with Crippen LogP contribution in [0.2, 0.25) is 0 Å². The van der Waals surface area contributed by atoms with E-state index < -0.39 is 5.97 Å². The number of hydrogen-bond acceptors (Lipinski definition) is 7. The van der Waals surface area contributed by atoms with E-state index in [2.05, 4.69) is 25.7 Å². The number of amides is 1. The van der Waals surface area contributed by atoms with Crippen molar-refractivity contribution in [2.45, 2.75) is 32.4 Å². The van der Waals surface area contributed by atoms with Crippen molar-refractivity contribution >= 4 is 11.9 Å². The normalized spacial score (nSPS) is 14.5. The number of ether oxygens (including phenoxy) is 2.